The molecule has 0 fully saturated rings. The highest BCUT2D eigenvalue weighted by molar-refractivity contribution is 5.85. The molecule has 1 aromatic rings. The van der Waals surface area contributed by atoms with Crippen molar-refractivity contribution in [2.24, 2.45) is 0 Å². The first-order valence-electron chi connectivity index (χ1n) is 4.95. The average Bonchev–Trinajstić information content (AvgIpc) is 2.27. The summed E-state index contributed by atoms with van der Waals surface area (Å²) < 4.78 is 5.33. The van der Waals surface area contributed by atoms with Crippen molar-refractivity contribution in [3.05, 3.63) is 35.4 Å². The molecule has 2 N–H and O–H groups in total. The van der Waals surface area contributed by atoms with Crippen molar-refractivity contribution in [1.82, 2.24) is 0 Å². The Kier molecular flexibility index (Phi) is 4.54. The van der Waals surface area contributed by atoms with Crippen LogP contribution in [0.4, 0.5) is 0 Å². The Morgan fingerprint density at radius 3 is 2.81 bits per heavy atom. The Morgan fingerprint density at radius 2 is 2.25 bits per heavy atom. The molecule has 0 radical (unpaired) electrons. The number of benzene rings is 1. The molecule has 0 saturated heterocycles. The number of aliphatic carboxylic acids is 1. The molecule has 86 valence electrons. The van der Waals surface area contributed by atoms with Gasteiger partial charge in [0.05, 0.1) is 13.2 Å². The van der Waals surface area contributed by atoms with Crippen LogP contribution in [0.2, 0.25) is 0 Å². The zero-order chi connectivity index (χ0) is 12.0. The number of rotatable bonds is 5. The van der Waals surface area contributed by atoms with Gasteiger partial charge in [-0.2, -0.15) is 0 Å². The first-order valence-corrected chi connectivity index (χ1v) is 4.95. The van der Waals surface area contributed by atoms with Gasteiger partial charge in [0, 0.05) is 11.6 Å². The van der Waals surface area contributed by atoms with Gasteiger partial charge in [0.25, 0.3) is 0 Å². The molecule has 1 rings (SSSR count). The highest BCUT2D eigenvalue weighted by atomic mass is 16.5. The third kappa shape index (κ3) is 3.10. The van der Waals surface area contributed by atoms with Gasteiger partial charge in [0.15, 0.2) is 0 Å². The van der Waals surface area contributed by atoms with E-state index in [2.05, 4.69) is 0 Å². The highest BCUT2D eigenvalue weighted by Gasteiger charge is 2.06. The summed E-state index contributed by atoms with van der Waals surface area (Å²) in [4.78, 5) is 10.4. The molecular formula is C12H14O4. The van der Waals surface area contributed by atoms with Gasteiger partial charge < -0.3 is 14.9 Å². The fourth-order valence-corrected chi connectivity index (χ4v) is 1.36. The lowest BCUT2D eigenvalue weighted by atomic mass is 10.1. The molecule has 0 unspecified atom stereocenters. The molecule has 0 spiro atoms. The van der Waals surface area contributed by atoms with Crippen molar-refractivity contribution in [3.63, 3.8) is 0 Å². The Hall–Kier alpha value is -1.81. The van der Waals surface area contributed by atoms with Crippen LogP contribution in [0.25, 0.3) is 6.08 Å². The van der Waals surface area contributed by atoms with E-state index in [4.69, 9.17) is 9.84 Å². The Balaban J connectivity index is 3.08. The molecule has 0 atom stereocenters. The normalized spacial score (nSPS) is 10.6. The maximum atomic E-state index is 10.4. The molecule has 0 saturated carbocycles. The van der Waals surface area contributed by atoms with Crippen LogP contribution < -0.4 is 4.74 Å². The number of aliphatic hydroxyl groups excluding tert-OH is 1. The van der Waals surface area contributed by atoms with Gasteiger partial charge in [-0.25, -0.2) is 4.79 Å². The molecule has 4 nitrogen and oxygen atoms in total. The SMILES string of the molecule is CCOc1cccc(/C=C/C(=O)O)c1CO. The Morgan fingerprint density at radius 1 is 1.50 bits per heavy atom. The van der Waals surface area contributed by atoms with Crippen molar-refractivity contribution < 1.29 is 19.7 Å². The van der Waals surface area contributed by atoms with E-state index < -0.39 is 5.97 Å². The molecule has 0 aliphatic carbocycles. The lowest BCUT2D eigenvalue weighted by Crippen LogP contribution is -1.99. The fraction of sp³-hybridized carbons (Fsp3) is 0.250. The Labute approximate surface area is 93.8 Å². The van der Waals surface area contributed by atoms with Gasteiger partial charge >= 0.3 is 5.97 Å². The van der Waals surface area contributed by atoms with E-state index in [0.29, 0.717) is 23.5 Å². The first-order chi connectivity index (χ1) is 7.69. The fourth-order valence-electron chi connectivity index (χ4n) is 1.36. The Bertz CT molecular complexity index is 396. The van der Waals surface area contributed by atoms with Crippen LogP contribution in [0.1, 0.15) is 18.1 Å². The van der Waals surface area contributed by atoms with Gasteiger partial charge in [-0.3, -0.25) is 0 Å². The number of ether oxygens (including phenoxy) is 1. The van der Waals surface area contributed by atoms with Crippen LogP contribution in [0, 0.1) is 0 Å². The smallest absolute Gasteiger partial charge is 0.328 e. The summed E-state index contributed by atoms with van der Waals surface area (Å²) in [5.41, 5.74) is 1.25. The van der Waals surface area contributed by atoms with Crippen LogP contribution in [0.5, 0.6) is 5.75 Å². The lowest BCUT2D eigenvalue weighted by molar-refractivity contribution is -0.131. The third-order valence-electron chi connectivity index (χ3n) is 2.03. The highest BCUT2D eigenvalue weighted by Crippen LogP contribution is 2.23. The standard InChI is InChI=1S/C12H14O4/c1-2-16-11-5-3-4-9(10(11)8-13)6-7-12(14)15/h3-7,13H,2,8H2,1H3,(H,14,15)/b7-6+. The summed E-state index contributed by atoms with van der Waals surface area (Å²) in [6.07, 6.45) is 2.47. The lowest BCUT2D eigenvalue weighted by Gasteiger charge is -2.10. The van der Waals surface area contributed by atoms with E-state index in [0.717, 1.165) is 6.08 Å². The first kappa shape index (κ1) is 12.3. The number of carbonyl (C=O) groups is 1. The third-order valence-corrected chi connectivity index (χ3v) is 2.03. The molecule has 0 aromatic heterocycles. The van der Waals surface area contributed by atoms with Gasteiger partial charge in [-0.05, 0) is 24.6 Å². The molecule has 0 heterocycles. The predicted molar refractivity (Wildman–Crippen MR) is 60.2 cm³/mol. The van der Waals surface area contributed by atoms with Gasteiger partial charge in [0.2, 0.25) is 0 Å². The number of hydrogen-bond acceptors (Lipinski definition) is 3. The minimum Gasteiger partial charge on any atom is -0.493 e. The topological polar surface area (TPSA) is 66.8 Å². The van der Waals surface area contributed by atoms with Crippen molar-refractivity contribution in [2.75, 3.05) is 6.61 Å². The quantitative estimate of drug-likeness (QED) is 0.744. The van der Waals surface area contributed by atoms with Crippen LogP contribution in [-0.2, 0) is 11.4 Å². The van der Waals surface area contributed by atoms with Gasteiger partial charge in [-0.15, -0.1) is 0 Å². The van der Waals surface area contributed by atoms with Gasteiger partial charge in [0.1, 0.15) is 5.75 Å². The molecule has 0 aliphatic heterocycles. The minimum absolute atomic E-state index is 0.185. The van der Waals surface area contributed by atoms with Crippen LogP contribution >= 0.6 is 0 Å². The largest absolute Gasteiger partial charge is 0.493 e. The summed E-state index contributed by atoms with van der Waals surface area (Å²) in [6, 6.07) is 5.23. The number of aliphatic hydroxyl groups is 1. The van der Waals surface area contributed by atoms with Gasteiger partial charge in [-0.1, -0.05) is 12.1 Å². The molecule has 16 heavy (non-hydrogen) atoms. The predicted octanol–water partition coefficient (Wildman–Crippen LogP) is 1.68. The van der Waals surface area contributed by atoms with Crippen molar-refractivity contribution in [1.29, 1.82) is 0 Å². The summed E-state index contributed by atoms with van der Waals surface area (Å²) in [5.74, 6) is -0.441. The van der Waals surface area contributed by atoms with E-state index in [1.807, 2.05) is 6.92 Å². The average molecular weight is 222 g/mol. The second-order valence-electron chi connectivity index (χ2n) is 3.09. The molecule has 0 amide bonds. The van der Waals surface area contributed by atoms with Crippen LogP contribution in [-0.4, -0.2) is 22.8 Å². The van der Waals surface area contributed by atoms with Crippen molar-refractivity contribution in [2.45, 2.75) is 13.5 Å². The van der Waals surface area contributed by atoms with E-state index in [9.17, 15) is 9.90 Å². The summed E-state index contributed by atoms with van der Waals surface area (Å²) >= 11 is 0. The van der Waals surface area contributed by atoms with E-state index in [-0.39, 0.29) is 6.61 Å². The summed E-state index contributed by atoms with van der Waals surface area (Å²) in [5, 5.41) is 17.8. The second kappa shape index (κ2) is 5.92. The maximum absolute atomic E-state index is 10.4. The maximum Gasteiger partial charge on any atom is 0.328 e. The molecule has 0 aliphatic rings. The van der Waals surface area contributed by atoms with Crippen molar-refractivity contribution in [3.8, 4) is 5.75 Å². The molecule has 0 bridgehead atoms. The van der Waals surface area contributed by atoms with Crippen molar-refractivity contribution >= 4 is 12.0 Å². The molecular weight excluding hydrogens is 208 g/mol. The number of carboxylic acid groups (broad SMARTS) is 1. The zero-order valence-corrected chi connectivity index (χ0v) is 9.01. The molecule has 1 aromatic carbocycles. The second-order valence-corrected chi connectivity index (χ2v) is 3.09. The van der Waals surface area contributed by atoms with E-state index >= 15 is 0 Å². The van der Waals surface area contributed by atoms with Crippen LogP contribution in [0.3, 0.4) is 0 Å². The minimum atomic E-state index is -1.02. The number of hydrogen-bond donors (Lipinski definition) is 2. The van der Waals surface area contributed by atoms with E-state index in [1.165, 1.54) is 6.08 Å². The summed E-state index contributed by atoms with van der Waals surface area (Å²) in [6.45, 7) is 2.16. The molecule has 4 heteroatoms. The van der Waals surface area contributed by atoms with Crippen LogP contribution in [0.15, 0.2) is 24.3 Å². The summed E-state index contributed by atoms with van der Waals surface area (Å²) in [7, 11) is 0. The van der Waals surface area contributed by atoms with E-state index in [1.54, 1.807) is 18.2 Å². The number of carboxylic acids is 1. The monoisotopic (exact) mass is 222 g/mol. The zero-order valence-electron chi connectivity index (χ0n) is 9.01.